The Morgan fingerprint density at radius 2 is 0.753 bits per heavy atom. The lowest BCUT2D eigenvalue weighted by molar-refractivity contribution is -0.301. The number of carboxylic acids is 1. The second-order valence-electron chi connectivity index (χ2n) is 22.0. The van der Waals surface area contributed by atoms with E-state index in [-0.39, 0.29) is 25.9 Å². The summed E-state index contributed by atoms with van der Waals surface area (Å²) in [6, 6.07) is 0. The van der Waals surface area contributed by atoms with Gasteiger partial charge < -0.3 is 39.0 Å². The number of hydrogen-bond acceptors (Lipinski definition) is 11. The molecule has 12 heteroatoms. The number of carbonyl (C=O) groups is 4. The van der Waals surface area contributed by atoms with Gasteiger partial charge in [0.25, 0.3) is 0 Å². The number of carboxylic acid groups (broad SMARTS) is 1. The lowest BCUT2D eigenvalue weighted by atomic mass is 9.98. The molecule has 12 nitrogen and oxygen atoms in total. The number of esters is 3. The zero-order valence-corrected chi connectivity index (χ0v) is 53.1. The molecular formula is C73H116O12. The molecule has 0 amide bonds. The van der Waals surface area contributed by atoms with Crippen LogP contribution in [0.1, 0.15) is 252 Å². The Kier molecular flexibility index (Phi) is 54.2. The number of unbranched alkanes of at least 4 members (excludes halogenated alkanes) is 19. The summed E-state index contributed by atoms with van der Waals surface area (Å²) in [6.45, 7) is 5.70. The number of rotatable bonds is 55. The van der Waals surface area contributed by atoms with E-state index in [0.717, 1.165) is 128 Å². The summed E-state index contributed by atoms with van der Waals surface area (Å²) in [5.74, 6) is -3.23. The molecule has 480 valence electrons. The van der Waals surface area contributed by atoms with Gasteiger partial charge in [-0.25, -0.2) is 4.79 Å². The van der Waals surface area contributed by atoms with Crippen LogP contribution in [0.25, 0.3) is 0 Å². The van der Waals surface area contributed by atoms with Crippen LogP contribution in [0, 0.1) is 0 Å². The second-order valence-corrected chi connectivity index (χ2v) is 22.0. The lowest BCUT2D eigenvalue weighted by Crippen LogP contribution is -2.61. The molecule has 0 aromatic carbocycles. The average molecular weight is 1190 g/mol. The molecule has 0 aliphatic carbocycles. The zero-order chi connectivity index (χ0) is 61.7. The molecule has 1 heterocycles. The highest BCUT2D eigenvalue weighted by molar-refractivity contribution is 5.74. The fourth-order valence-electron chi connectivity index (χ4n) is 9.19. The van der Waals surface area contributed by atoms with Crippen molar-refractivity contribution in [1.82, 2.24) is 0 Å². The summed E-state index contributed by atoms with van der Waals surface area (Å²) >= 11 is 0. The van der Waals surface area contributed by atoms with Crippen LogP contribution in [-0.2, 0) is 42.9 Å². The van der Waals surface area contributed by atoms with Crippen molar-refractivity contribution in [3.8, 4) is 0 Å². The lowest BCUT2D eigenvalue weighted by Gasteiger charge is -2.40. The molecule has 1 aliphatic rings. The van der Waals surface area contributed by atoms with Gasteiger partial charge in [-0.15, -0.1) is 0 Å². The molecule has 0 aromatic heterocycles. The normalized spacial score (nSPS) is 18.3. The van der Waals surface area contributed by atoms with Gasteiger partial charge in [0.1, 0.15) is 18.8 Å². The molecule has 3 N–H and O–H groups in total. The molecule has 6 unspecified atom stereocenters. The second kappa shape index (κ2) is 59.2. The van der Waals surface area contributed by atoms with Gasteiger partial charge in [0.2, 0.25) is 0 Å². The molecule has 85 heavy (non-hydrogen) atoms. The van der Waals surface area contributed by atoms with Crippen molar-refractivity contribution < 1.29 is 58.2 Å². The van der Waals surface area contributed by atoms with Crippen LogP contribution >= 0.6 is 0 Å². The van der Waals surface area contributed by atoms with Gasteiger partial charge in [0, 0.05) is 19.3 Å². The number of hydrogen-bond donors (Lipinski definition) is 3. The fourth-order valence-corrected chi connectivity index (χ4v) is 9.19. The molecule has 1 fully saturated rings. The minimum Gasteiger partial charge on any atom is -0.479 e. The van der Waals surface area contributed by atoms with Crippen LogP contribution in [0.3, 0.4) is 0 Å². The summed E-state index contributed by atoms with van der Waals surface area (Å²) in [5, 5.41) is 31.6. The fraction of sp³-hybridized carbons (Fsp3) is 0.644. The van der Waals surface area contributed by atoms with Crippen molar-refractivity contribution in [2.24, 2.45) is 0 Å². The van der Waals surface area contributed by atoms with E-state index in [4.69, 9.17) is 23.7 Å². The molecule has 0 spiro atoms. The molecule has 1 saturated heterocycles. The van der Waals surface area contributed by atoms with Gasteiger partial charge in [0.15, 0.2) is 24.6 Å². The Balaban J connectivity index is 2.70. The number of allylic oxidation sites excluding steroid dienone is 22. The van der Waals surface area contributed by atoms with E-state index in [0.29, 0.717) is 25.7 Å². The highest BCUT2D eigenvalue weighted by Gasteiger charge is 2.50. The van der Waals surface area contributed by atoms with E-state index in [1.807, 2.05) is 12.2 Å². The Morgan fingerprint density at radius 1 is 0.400 bits per heavy atom. The van der Waals surface area contributed by atoms with Crippen LogP contribution in [0.4, 0.5) is 0 Å². The predicted molar refractivity (Wildman–Crippen MR) is 349 cm³/mol. The standard InChI is InChI=1S/C73H116O12/c1-4-7-10-13-16-19-22-25-28-31-33-36-38-41-44-47-50-53-56-59-65(74)81-62-64(83-66(75)60-57-54-51-48-45-42-39-35-30-27-24-21-18-15-12-9-6-3)63-82-73-71(69(78)68(77)70(85-73)72(79)80)84-67(76)61-58-55-52-49-46-43-40-37-34-32-29-26-23-20-17-14-11-8-5-2/h8-9,11-12,16-21,25-30,34,37,39,42,48,51,64,68-71,73,77-78H,4-7,10,13-15,22-24,31-33,35-36,38,40-41,43-47,49-50,52-63H2,1-3H3,(H,79,80)/b11-8-,12-9-,19-16-,20-17-,21-18-,28-25-,29-26-,30-27-,37-34-,42-39-,51-48-. The number of aliphatic hydroxyl groups excluding tert-OH is 2. The van der Waals surface area contributed by atoms with Crippen molar-refractivity contribution in [2.45, 2.75) is 289 Å². The molecule has 1 rings (SSSR count). The third-order valence-corrected chi connectivity index (χ3v) is 14.2. The zero-order valence-electron chi connectivity index (χ0n) is 53.1. The number of aliphatic hydroxyl groups is 2. The van der Waals surface area contributed by atoms with Crippen molar-refractivity contribution in [2.75, 3.05) is 13.2 Å². The Morgan fingerprint density at radius 3 is 1.16 bits per heavy atom. The van der Waals surface area contributed by atoms with E-state index >= 15 is 0 Å². The summed E-state index contributed by atoms with van der Waals surface area (Å²) < 4.78 is 28.5. The summed E-state index contributed by atoms with van der Waals surface area (Å²) in [5.41, 5.74) is 0. The first-order chi connectivity index (χ1) is 41.6. The molecule has 6 atom stereocenters. The largest absolute Gasteiger partial charge is 0.479 e. The van der Waals surface area contributed by atoms with Crippen LogP contribution in [0.5, 0.6) is 0 Å². The SMILES string of the molecule is CC/C=C\C/C=C\C/C=C\C/C=C\C/C=C\CCCC(=O)OC(COC(=O)CCCCCCCCCCC/C=C\C/C=C\CCCCC)COC1OC(C(=O)O)C(O)C(O)C1OC(=O)CCCCCCCC/C=C\C/C=C\C/C=C\C/C=C\CC. The van der Waals surface area contributed by atoms with Gasteiger partial charge in [-0.05, 0) is 128 Å². The first kappa shape index (κ1) is 77.9. The highest BCUT2D eigenvalue weighted by Crippen LogP contribution is 2.26. The monoisotopic (exact) mass is 1180 g/mol. The topological polar surface area (TPSA) is 175 Å². The third-order valence-electron chi connectivity index (χ3n) is 14.2. The van der Waals surface area contributed by atoms with Crippen molar-refractivity contribution in [3.05, 3.63) is 134 Å². The number of carbonyl (C=O) groups excluding carboxylic acids is 3. The van der Waals surface area contributed by atoms with Crippen LogP contribution in [0.15, 0.2) is 134 Å². The maximum atomic E-state index is 13.2. The minimum absolute atomic E-state index is 0.0302. The summed E-state index contributed by atoms with van der Waals surface area (Å²) in [6.07, 6.45) is 71.2. The maximum Gasteiger partial charge on any atom is 0.335 e. The Labute approximate surface area is 515 Å². The van der Waals surface area contributed by atoms with Crippen molar-refractivity contribution in [3.63, 3.8) is 0 Å². The van der Waals surface area contributed by atoms with Crippen LogP contribution in [0.2, 0.25) is 0 Å². The number of aliphatic carboxylic acids is 1. The Bertz CT molecular complexity index is 1990. The van der Waals surface area contributed by atoms with Gasteiger partial charge >= 0.3 is 23.9 Å². The van der Waals surface area contributed by atoms with Crippen LogP contribution < -0.4 is 0 Å². The van der Waals surface area contributed by atoms with Gasteiger partial charge in [0.05, 0.1) is 6.61 Å². The molecule has 0 aromatic rings. The smallest absolute Gasteiger partial charge is 0.335 e. The summed E-state index contributed by atoms with van der Waals surface area (Å²) in [7, 11) is 0. The van der Waals surface area contributed by atoms with E-state index in [2.05, 4.69) is 142 Å². The molecule has 0 radical (unpaired) electrons. The molecule has 0 bridgehead atoms. The molecule has 0 saturated carbocycles. The molecule has 1 aliphatic heterocycles. The van der Waals surface area contributed by atoms with Gasteiger partial charge in [-0.1, -0.05) is 238 Å². The average Bonchev–Trinajstić information content (AvgIpc) is 3.53. The van der Waals surface area contributed by atoms with Crippen LogP contribution in [-0.4, -0.2) is 89.2 Å². The quantitative estimate of drug-likeness (QED) is 0.0228. The maximum absolute atomic E-state index is 13.2. The van der Waals surface area contributed by atoms with Crippen molar-refractivity contribution >= 4 is 23.9 Å². The van der Waals surface area contributed by atoms with Gasteiger partial charge in [-0.3, -0.25) is 14.4 Å². The predicted octanol–water partition coefficient (Wildman–Crippen LogP) is 18.1. The first-order valence-corrected chi connectivity index (χ1v) is 33.2. The third kappa shape index (κ3) is 48.6. The number of ether oxygens (including phenoxy) is 5. The minimum atomic E-state index is -1.93. The summed E-state index contributed by atoms with van der Waals surface area (Å²) in [4.78, 5) is 51.4. The van der Waals surface area contributed by atoms with E-state index < -0.39 is 67.3 Å². The van der Waals surface area contributed by atoms with E-state index in [1.54, 1.807) is 0 Å². The first-order valence-electron chi connectivity index (χ1n) is 33.2. The van der Waals surface area contributed by atoms with Gasteiger partial charge in [-0.2, -0.15) is 0 Å². The van der Waals surface area contributed by atoms with E-state index in [9.17, 15) is 34.5 Å². The Hall–Kier alpha value is -5.14. The highest BCUT2D eigenvalue weighted by atomic mass is 16.7. The van der Waals surface area contributed by atoms with Crippen molar-refractivity contribution in [1.29, 1.82) is 0 Å². The van der Waals surface area contributed by atoms with E-state index in [1.165, 1.54) is 57.8 Å². The molecular weight excluding hydrogens is 1070 g/mol.